The van der Waals surface area contributed by atoms with Crippen molar-refractivity contribution in [1.29, 1.82) is 0 Å². The Morgan fingerprint density at radius 2 is 1.96 bits per heavy atom. The Balaban J connectivity index is 1.43. The first-order valence-corrected chi connectivity index (χ1v) is 9.49. The van der Waals surface area contributed by atoms with E-state index in [0.717, 1.165) is 55.1 Å². The smallest absolute Gasteiger partial charge is 0.228 e. The number of hydrogen-bond acceptors (Lipinski definition) is 7. The summed E-state index contributed by atoms with van der Waals surface area (Å²) in [5.41, 5.74) is 7.66. The summed E-state index contributed by atoms with van der Waals surface area (Å²) in [4.78, 5) is 18.9. The van der Waals surface area contributed by atoms with E-state index in [1.165, 1.54) is 12.8 Å². The van der Waals surface area contributed by atoms with E-state index < -0.39 is 0 Å². The molecule has 0 amide bonds. The highest BCUT2D eigenvalue weighted by atomic mass is 16.5. The Hall–Kier alpha value is -2.41. The van der Waals surface area contributed by atoms with Crippen LogP contribution in [-0.4, -0.2) is 52.8 Å². The molecule has 2 aromatic rings. The number of hydrogen-bond donors (Lipinski definition) is 1. The molecule has 0 aromatic carbocycles. The average molecular weight is 350 g/mol. The molecule has 7 rings (SSSR count). The Morgan fingerprint density at radius 1 is 1.04 bits per heavy atom. The Morgan fingerprint density at radius 3 is 2.62 bits per heavy atom. The maximum absolute atomic E-state index is 5.77. The van der Waals surface area contributed by atoms with Gasteiger partial charge < -0.3 is 20.3 Å². The van der Waals surface area contributed by atoms with Crippen LogP contribution in [0.4, 0.5) is 17.6 Å². The maximum Gasteiger partial charge on any atom is 0.228 e. The average Bonchev–Trinajstić information content (AvgIpc) is 3.41. The molecule has 2 atom stereocenters. The molecule has 2 aromatic heterocycles. The molecule has 1 saturated carbocycles. The highest BCUT2D eigenvalue weighted by Crippen LogP contribution is 2.43. The second kappa shape index (κ2) is 5.30. The predicted octanol–water partition coefficient (Wildman–Crippen LogP) is 1.70. The molecule has 6 heterocycles. The lowest BCUT2D eigenvalue weighted by molar-refractivity contribution is 0.0989. The lowest BCUT2D eigenvalue weighted by Crippen LogP contribution is -2.38. The van der Waals surface area contributed by atoms with Gasteiger partial charge in [0, 0.05) is 37.0 Å². The van der Waals surface area contributed by atoms with Crippen molar-refractivity contribution in [2.45, 2.75) is 37.5 Å². The number of aromatic nitrogens is 3. The topological polar surface area (TPSA) is 80.4 Å². The predicted molar refractivity (Wildman–Crippen MR) is 99.0 cm³/mol. The van der Waals surface area contributed by atoms with E-state index in [2.05, 4.69) is 20.9 Å². The fourth-order valence-corrected chi connectivity index (χ4v) is 4.86. The van der Waals surface area contributed by atoms with Crippen LogP contribution in [0.3, 0.4) is 0 Å². The summed E-state index contributed by atoms with van der Waals surface area (Å²) < 4.78 is 5.77. The van der Waals surface area contributed by atoms with Gasteiger partial charge in [-0.05, 0) is 37.3 Å². The van der Waals surface area contributed by atoms with E-state index in [4.69, 9.17) is 20.4 Å². The van der Waals surface area contributed by atoms with Gasteiger partial charge in [-0.15, -0.1) is 0 Å². The molecule has 134 valence electrons. The van der Waals surface area contributed by atoms with Crippen LogP contribution in [0.15, 0.2) is 24.4 Å². The van der Waals surface area contributed by atoms with Crippen LogP contribution in [0, 0.1) is 5.92 Å². The van der Waals surface area contributed by atoms with Gasteiger partial charge in [0.25, 0.3) is 0 Å². The lowest BCUT2D eigenvalue weighted by Gasteiger charge is -2.30. The first-order valence-electron chi connectivity index (χ1n) is 9.49. The molecule has 5 fully saturated rings. The summed E-state index contributed by atoms with van der Waals surface area (Å²) in [5, 5.41) is 0. The number of ether oxygens (including phenoxy) is 1. The SMILES string of the molecule is Nc1ccc(-c2cc(N3C[C@H]4C[C@@H]3CO4)nc(N3CC4CC3C4)n2)cn1. The van der Waals surface area contributed by atoms with Crippen molar-refractivity contribution in [1.82, 2.24) is 15.0 Å². The van der Waals surface area contributed by atoms with Crippen LogP contribution >= 0.6 is 0 Å². The van der Waals surface area contributed by atoms with Crippen LogP contribution in [0.5, 0.6) is 0 Å². The van der Waals surface area contributed by atoms with Gasteiger partial charge >= 0.3 is 0 Å². The Bertz CT molecular complexity index is 850. The van der Waals surface area contributed by atoms with Crippen LogP contribution in [-0.2, 0) is 4.74 Å². The van der Waals surface area contributed by atoms with E-state index in [1.807, 2.05) is 12.1 Å². The number of nitrogen functional groups attached to an aromatic ring is 1. The maximum atomic E-state index is 5.77. The van der Waals surface area contributed by atoms with Crippen molar-refractivity contribution in [2.75, 3.05) is 35.2 Å². The third-order valence-corrected chi connectivity index (χ3v) is 6.34. The first kappa shape index (κ1) is 14.7. The fourth-order valence-electron chi connectivity index (χ4n) is 4.86. The second-order valence-corrected chi connectivity index (χ2v) is 8.02. The third kappa shape index (κ3) is 2.19. The number of nitrogens with two attached hydrogens (primary N) is 1. The first-order chi connectivity index (χ1) is 12.7. The fraction of sp³-hybridized carbons (Fsp3) is 0.526. The normalized spacial score (nSPS) is 31.5. The minimum atomic E-state index is 0.347. The molecule has 5 aliphatic rings. The van der Waals surface area contributed by atoms with Gasteiger partial charge in [-0.1, -0.05) is 0 Å². The number of nitrogens with zero attached hydrogens (tertiary/aromatic N) is 5. The summed E-state index contributed by atoms with van der Waals surface area (Å²) in [6.45, 7) is 2.81. The van der Waals surface area contributed by atoms with Gasteiger partial charge in [-0.2, -0.15) is 4.98 Å². The summed E-state index contributed by atoms with van der Waals surface area (Å²) in [6.07, 6.45) is 5.82. The summed E-state index contributed by atoms with van der Waals surface area (Å²) in [7, 11) is 0. The van der Waals surface area contributed by atoms with Crippen molar-refractivity contribution in [2.24, 2.45) is 5.92 Å². The Kier molecular flexibility index (Phi) is 3.00. The van der Waals surface area contributed by atoms with E-state index in [1.54, 1.807) is 6.20 Å². The molecule has 26 heavy (non-hydrogen) atoms. The zero-order valence-electron chi connectivity index (χ0n) is 14.6. The van der Waals surface area contributed by atoms with Gasteiger partial charge in [0.1, 0.15) is 11.6 Å². The zero-order valence-corrected chi connectivity index (χ0v) is 14.6. The highest BCUT2D eigenvalue weighted by molar-refractivity contribution is 5.66. The molecule has 0 spiro atoms. The minimum Gasteiger partial charge on any atom is -0.384 e. The van der Waals surface area contributed by atoms with Crippen molar-refractivity contribution < 1.29 is 4.74 Å². The standard InChI is InChI=1S/C19H22N6O/c20-17-2-1-12(7-21-17)16-6-18(24-9-15-5-14(24)10-26-15)23-19(22-16)25-8-11-3-13(25)4-11/h1-2,6-7,11,13-15H,3-5,8-10H2,(H2,20,21)/t11?,13?,14-,15-/m1/s1. The number of pyridine rings is 1. The highest BCUT2D eigenvalue weighted by Gasteiger charge is 2.45. The van der Waals surface area contributed by atoms with Crippen LogP contribution in [0.1, 0.15) is 19.3 Å². The van der Waals surface area contributed by atoms with Gasteiger partial charge in [0.05, 0.1) is 24.4 Å². The van der Waals surface area contributed by atoms with Gasteiger partial charge in [-0.25, -0.2) is 9.97 Å². The van der Waals surface area contributed by atoms with Crippen molar-refractivity contribution in [3.8, 4) is 11.3 Å². The minimum absolute atomic E-state index is 0.347. The molecule has 2 N–H and O–H groups in total. The number of anilines is 3. The van der Waals surface area contributed by atoms with Crippen molar-refractivity contribution in [3.63, 3.8) is 0 Å². The molecular weight excluding hydrogens is 328 g/mol. The van der Waals surface area contributed by atoms with Gasteiger partial charge in [0.15, 0.2) is 0 Å². The van der Waals surface area contributed by atoms with Gasteiger partial charge in [-0.3, -0.25) is 0 Å². The largest absolute Gasteiger partial charge is 0.384 e. The number of morpholine rings is 1. The molecule has 0 unspecified atom stereocenters. The quantitative estimate of drug-likeness (QED) is 0.902. The van der Waals surface area contributed by atoms with Crippen molar-refractivity contribution >= 4 is 17.6 Å². The summed E-state index contributed by atoms with van der Waals surface area (Å²) in [5.74, 6) is 3.23. The molecule has 0 radical (unpaired) electrons. The van der Waals surface area contributed by atoms with E-state index in [9.17, 15) is 0 Å². The van der Waals surface area contributed by atoms with Crippen molar-refractivity contribution in [3.05, 3.63) is 24.4 Å². The summed E-state index contributed by atoms with van der Waals surface area (Å²) in [6, 6.07) is 6.97. The molecule has 4 bridgehead atoms. The Labute approximate surface area is 152 Å². The molecule has 7 heteroatoms. The van der Waals surface area contributed by atoms with Crippen LogP contribution < -0.4 is 15.5 Å². The number of rotatable bonds is 3. The monoisotopic (exact) mass is 350 g/mol. The molecule has 4 aliphatic heterocycles. The van der Waals surface area contributed by atoms with E-state index in [-0.39, 0.29) is 0 Å². The molecular formula is C19H22N6O. The number of fused-ring (bicyclic) bond motifs is 3. The van der Waals surface area contributed by atoms with Gasteiger partial charge in [0.2, 0.25) is 5.95 Å². The van der Waals surface area contributed by atoms with E-state index in [0.29, 0.717) is 24.0 Å². The van der Waals surface area contributed by atoms with Crippen LogP contribution in [0.25, 0.3) is 11.3 Å². The second-order valence-electron chi connectivity index (χ2n) is 8.02. The van der Waals surface area contributed by atoms with Crippen LogP contribution in [0.2, 0.25) is 0 Å². The molecule has 4 saturated heterocycles. The van der Waals surface area contributed by atoms with E-state index >= 15 is 0 Å². The lowest BCUT2D eigenvalue weighted by atomic mass is 9.86. The third-order valence-electron chi connectivity index (χ3n) is 6.34. The zero-order chi connectivity index (χ0) is 17.3. The molecule has 1 aliphatic carbocycles. The molecule has 7 nitrogen and oxygen atoms in total. The summed E-state index contributed by atoms with van der Waals surface area (Å²) >= 11 is 0.